The molecule has 0 saturated carbocycles. The minimum Gasteiger partial charge on any atom is -0.488 e. The number of hydrogen-bond donors (Lipinski definition) is 1. The molecule has 0 aliphatic carbocycles. The van der Waals surface area contributed by atoms with Crippen LogP contribution in [0.1, 0.15) is 21.5 Å². The van der Waals surface area contributed by atoms with E-state index in [2.05, 4.69) is 5.32 Å². The lowest BCUT2D eigenvalue weighted by molar-refractivity contribution is 0.0946. The highest BCUT2D eigenvalue weighted by Crippen LogP contribution is 2.19. The molecule has 3 nitrogen and oxygen atoms in total. The van der Waals surface area contributed by atoms with Gasteiger partial charge in [-0.05, 0) is 35.4 Å². The Morgan fingerprint density at radius 2 is 1.60 bits per heavy atom. The highest BCUT2D eigenvalue weighted by Gasteiger charge is 2.12. The van der Waals surface area contributed by atoms with Crippen molar-refractivity contribution in [2.75, 3.05) is 0 Å². The molecule has 3 aromatic carbocycles. The van der Waals surface area contributed by atoms with E-state index in [1.54, 1.807) is 36.4 Å². The fourth-order valence-corrected chi connectivity index (χ4v) is 2.44. The first-order valence-electron chi connectivity index (χ1n) is 8.01. The fourth-order valence-electron chi connectivity index (χ4n) is 2.44. The number of hydrogen-bond acceptors (Lipinski definition) is 2. The molecule has 0 atom stereocenters. The highest BCUT2D eigenvalue weighted by atomic mass is 19.1. The zero-order valence-corrected chi connectivity index (χ0v) is 13.6. The lowest BCUT2D eigenvalue weighted by atomic mass is 10.1. The molecule has 3 rings (SSSR count). The van der Waals surface area contributed by atoms with Gasteiger partial charge in [0, 0.05) is 6.54 Å². The van der Waals surface area contributed by atoms with Crippen LogP contribution < -0.4 is 10.1 Å². The molecule has 0 aliphatic rings. The molecular formula is C21H18FNO2. The Morgan fingerprint density at radius 1 is 0.880 bits per heavy atom. The van der Waals surface area contributed by atoms with Gasteiger partial charge in [-0.1, -0.05) is 54.6 Å². The van der Waals surface area contributed by atoms with Crippen LogP contribution >= 0.6 is 0 Å². The molecule has 1 N–H and O–H groups in total. The number of halogens is 1. The van der Waals surface area contributed by atoms with E-state index >= 15 is 0 Å². The Hall–Kier alpha value is -3.14. The van der Waals surface area contributed by atoms with Crippen molar-refractivity contribution in [2.24, 2.45) is 0 Å². The topological polar surface area (TPSA) is 38.3 Å². The number of benzene rings is 3. The smallest absolute Gasteiger partial charge is 0.255 e. The third kappa shape index (κ3) is 4.67. The molecule has 3 aromatic rings. The van der Waals surface area contributed by atoms with E-state index in [0.717, 1.165) is 5.56 Å². The zero-order valence-electron chi connectivity index (χ0n) is 13.6. The molecule has 0 saturated heterocycles. The van der Waals surface area contributed by atoms with Gasteiger partial charge in [-0.15, -0.1) is 0 Å². The first-order chi connectivity index (χ1) is 12.2. The number of ether oxygens (including phenoxy) is 1. The van der Waals surface area contributed by atoms with Crippen molar-refractivity contribution < 1.29 is 13.9 Å². The van der Waals surface area contributed by atoms with E-state index in [1.807, 2.05) is 30.3 Å². The molecule has 1 amide bonds. The van der Waals surface area contributed by atoms with Crippen molar-refractivity contribution >= 4 is 5.91 Å². The van der Waals surface area contributed by atoms with Gasteiger partial charge in [0.15, 0.2) is 0 Å². The lowest BCUT2D eigenvalue weighted by Crippen LogP contribution is -2.23. The van der Waals surface area contributed by atoms with Crippen molar-refractivity contribution in [3.63, 3.8) is 0 Å². The Kier molecular flexibility index (Phi) is 5.42. The monoisotopic (exact) mass is 335 g/mol. The summed E-state index contributed by atoms with van der Waals surface area (Å²) in [5, 5.41) is 2.88. The number of rotatable bonds is 6. The van der Waals surface area contributed by atoms with Crippen LogP contribution in [0.2, 0.25) is 0 Å². The van der Waals surface area contributed by atoms with Crippen LogP contribution in [0.4, 0.5) is 4.39 Å². The molecule has 0 fully saturated rings. The molecule has 25 heavy (non-hydrogen) atoms. The second-order valence-electron chi connectivity index (χ2n) is 5.58. The maximum absolute atomic E-state index is 13.2. The van der Waals surface area contributed by atoms with Gasteiger partial charge in [0.2, 0.25) is 0 Å². The summed E-state index contributed by atoms with van der Waals surface area (Å²) in [6.45, 7) is 0.638. The number of carbonyl (C=O) groups is 1. The maximum atomic E-state index is 13.2. The van der Waals surface area contributed by atoms with Crippen molar-refractivity contribution in [3.05, 3.63) is 101 Å². The van der Waals surface area contributed by atoms with Crippen LogP contribution in [0.5, 0.6) is 5.75 Å². The second-order valence-corrected chi connectivity index (χ2v) is 5.58. The number of para-hydroxylation sites is 1. The maximum Gasteiger partial charge on any atom is 0.255 e. The first kappa shape index (κ1) is 16.7. The van der Waals surface area contributed by atoms with Gasteiger partial charge in [-0.3, -0.25) is 4.79 Å². The average molecular weight is 335 g/mol. The van der Waals surface area contributed by atoms with E-state index in [4.69, 9.17) is 4.74 Å². The van der Waals surface area contributed by atoms with Gasteiger partial charge in [0.05, 0.1) is 5.56 Å². The Morgan fingerprint density at radius 3 is 2.40 bits per heavy atom. The first-order valence-corrected chi connectivity index (χ1v) is 8.01. The van der Waals surface area contributed by atoms with Gasteiger partial charge in [-0.25, -0.2) is 4.39 Å². The molecule has 4 heteroatoms. The third-order valence-corrected chi connectivity index (χ3v) is 3.71. The summed E-state index contributed by atoms with van der Waals surface area (Å²) in [6.07, 6.45) is 0. The number of nitrogens with one attached hydrogen (secondary N) is 1. The summed E-state index contributed by atoms with van der Waals surface area (Å²) in [6, 6.07) is 22.9. The molecule has 0 unspecified atom stereocenters. The summed E-state index contributed by atoms with van der Waals surface area (Å²) in [5.74, 6) is -0.0500. The van der Waals surface area contributed by atoms with Crippen molar-refractivity contribution in [1.82, 2.24) is 5.32 Å². The predicted molar refractivity (Wildman–Crippen MR) is 94.8 cm³/mol. The van der Waals surface area contributed by atoms with Gasteiger partial charge in [-0.2, -0.15) is 0 Å². The van der Waals surface area contributed by atoms with Crippen molar-refractivity contribution in [2.45, 2.75) is 13.2 Å². The number of carbonyl (C=O) groups excluding carboxylic acids is 1. The Balaban J connectivity index is 1.66. The molecule has 126 valence electrons. The van der Waals surface area contributed by atoms with Gasteiger partial charge >= 0.3 is 0 Å². The van der Waals surface area contributed by atoms with Crippen LogP contribution in [0.25, 0.3) is 0 Å². The van der Waals surface area contributed by atoms with E-state index in [1.165, 1.54) is 12.1 Å². The summed E-state index contributed by atoms with van der Waals surface area (Å²) in [5.41, 5.74) is 2.18. The summed E-state index contributed by atoms with van der Waals surface area (Å²) < 4.78 is 19.0. The quantitative estimate of drug-likeness (QED) is 0.728. The van der Waals surface area contributed by atoms with Gasteiger partial charge in [0.1, 0.15) is 18.2 Å². The van der Waals surface area contributed by atoms with Crippen molar-refractivity contribution in [1.29, 1.82) is 0 Å². The third-order valence-electron chi connectivity index (χ3n) is 3.71. The van der Waals surface area contributed by atoms with Crippen LogP contribution in [-0.4, -0.2) is 5.91 Å². The standard InChI is InChI=1S/C21H18FNO2/c22-18-10-6-9-17(13-18)15-25-20-12-5-4-11-19(20)21(24)23-14-16-7-2-1-3-8-16/h1-13H,14-15H2,(H,23,24). The van der Waals surface area contributed by atoms with E-state index in [0.29, 0.717) is 23.4 Å². The van der Waals surface area contributed by atoms with Gasteiger partial charge < -0.3 is 10.1 Å². The Bertz CT molecular complexity index is 849. The second kappa shape index (κ2) is 8.11. The largest absolute Gasteiger partial charge is 0.488 e. The Labute approximate surface area is 146 Å². The molecule has 0 bridgehead atoms. The summed E-state index contributed by atoms with van der Waals surface area (Å²) in [4.78, 5) is 12.5. The molecule has 0 heterocycles. The summed E-state index contributed by atoms with van der Waals surface area (Å²) in [7, 11) is 0. The number of amides is 1. The van der Waals surface area contributed by atoms with Crippen LogP contribution in [0, 0.1) is 5.82 Å². The van der Waals surface area contributed by atoms with Crippen LogP contribution in [0.3, 0.4) is 0 Å². The molecule has 0 radical (unpaired) electrons. The van der Waals surface area contributed by atoms with E-state index in [9.17, 15) is 9.18 Å². The average Bonchev–Trinajstić information content (AvgIpc) is 2.65. The highest BCUT2D eigenvalue weighted by molar-refractivity contribution is 5.96. The molecular weight excluding hydrogens is 317 g/mol. The zero-order chi connectivity index (χ0) is 17.5. The molecule has 0 aliphatic heterocycles. The minimum absolute atomic E-state index is 0.195. The fraction of sp³-hybridized carbons (Fsp3) is 0.0952. The molecule has 0 spiro atoms. The molecule has 0 aromatic heterocycles. The van der Waals surface area contributed by atoms with Crippen LogP contribution in [0.15, 0.2) is 78.9 Å². The minimum atomic E-state index is -0.310. The summed E-state index contributed by atoms with van der Waals surface area (Å²) >= 11 is 0. The normalized spacial score (nSPS) is 10.3. The SMILES string of the molecule is O=C(NCc1ccccc1)c1ccccc1OCc1cccc(F)c1. The van der Waals surface area contributed by atoms with Crippen molar-refractivity contribution in [3.8, 4) is 5.75 Å². The van der Waals surface area contributed by atoms with Gasteiger partial charge in [0.25, 0.3) is 5.91 Å². The van der Waals surface area contributed by atoms with Crippen LogP contribution in [-0.2, 0) is 13.2 Å². The lowest BCUT2D eigenvalue weighted by Gasteiger charge is -2.12. The van der Waals surface area contributed by atoms with E-state index in [-0.39, 0.29) is 18.3 Å². The van der Waals surface area contributed by atoms with E-state index < -0.39 is 0 Å². The predicted octanol–water partition coefficient (Wildman–Crippen LogP) is 4.33.